The fraction of sp³-hybridized carbons (Fsp3) is 0.667. The predicted octanol–water partition coefficient (Wildman–Crippen LogP) is -0.826. The van der Waals surface area contributed by atoms with Crippen molar-refractivity contribution in [1.82, 2.24) is 10.2 Å². The Labute approximate surface area is 92.7 Å². The first-order chi connectivity index (χ1) is 7.41. The van der Waals surface area contributed by atoms with E-state index in [0.29, 0.717) is 0 Å². The number of ether oxygens (including phenoxy) is 2. The van der Waals surface area contributed by atoms with Gasteiger partial charge < -0.3 is 9.47 Å². The SMILES string of the molecule is CC(=O)OC1NCN(C(C)=O)C1OC(C)=O. The lowest BCUT2D eigenvalue weighted by atomic mass is 10.4. The van der Waals surface area contributed by atoms with E-state index in [-0.39, 0.29) is 12.6 Å². The van der Waals surface area contributed by atoms with Crippen molar-refractivity contribution in [3.8, 4) is 0 Å². The van der Waals surface area contributed by atoms with Crippen LogP contribution in [0.4, 0.5) is 0 Å². The molecule has 1 N–H and O–H groups in total. The van der Waals surface area contributed by atoms with E-state index in [2.05, 4.69) is 5.32 Å². The lowest BCUT2D eigenvalue weighted by molar-refractivity contribution is -0.176. The number of hydrogen-bond acceptors (Lipinski definition) is 6. The van der Waals surface area contributed by atoms with E-state index < -0.39 is 24.4 Å². The summed E-state index contributed by atoms with van der Waals surface area (Å²) in [4.78, 5) is 34.2. The van der Waals surface area contributed by atoms with Crippen LogP contribution in [-0.4, -0.2) is 41.9 Å². The summed E-state index contributed by atoms with van der Waals surface area (Å²) >= 11 is 0. The minimum atomic E-state index is -0.904. The van der Waals surface area contributed by atoms with Gasteiger partial charge in [-0.25, -0.2) is 0 Å². The fourth-order valence-corrected chi connectivity index (χ4v) is 1.41. The van der Waals surface area contributed by atoms with Crippen molar-refractivity contribution in [2.24, 2.45) is 0 Å². The largest absolute Gasteiger partial charge is 0.440 e. The van der Waals surface area contributed by atoms with Crippen LogP contribution >= 0.6 is 0 Å². The normalized spacial score (nSPS) is 24.1. The maximum Gasteiger partial charge on any atom is 0.304 e. The van der Waals surface area contributed by atoms with Gasteiger partial charge in [0, 0.05) is 20.8 Å². The molecule has 1 saturated heterocycles. The van der Waals surface area contributed by atoms with Gasteiger partial charge in [-0.1, -0.05) is 0 Å². The first kappa shape index (κ1) is 12.4. The highest BCUT2D eigenvalue weighted by atomic mass is 16.6. The van der Waals surface area contributed by atoms with Crippen LogP contribution in [0.2, 0.25) is 0 Å². The van der Waals surface area contributed by atoms with Crippen LogP contribution in [0.25, 0.3) is 0 Å². The van der Waals surface area contributed by atoms with E-state index >= 15 is 0 Å². The first-order valence-corrected chi connectivity index (χ1v) is 4.77. The molecule has 2 atom stereocenters. The van der Waals surface area contributed by atoms with Gasteiger partial charge >= 0.3 is 11.9 Å². The molecule has 7 nitrogen and oxygen atoms in total. The number of carbonyl (C=O) groups is 3. The molecular weight excluding hydrogens is 216 g/mol. The lowest BCUT2D eigenvalue weighted by Gasteiger charge is -2.24. The van der Waals surface area contributed by atoms with E-state index in [1.807, 2.05) is 0 Å². The van der Waals surface area contributed by atoms with Gasteiger partial charge in [-0.05, 0) is 0 Å². The predicted molar refractivity (Wildman–Crippen MR) is 51.6 cm³/mol. The molecular formula is C9H14N2O5. The summed E-state index contributed by atoms with van der Waals surface area (Å²) in [6, 6.07) is 0. The Morgan fingerprint density at radius 1 is 1.12 bits per heavy atom. The van der Waals surface area contributed by atoms with E-state index in [4.69, 9.17) is 9.47 Å². The summed E-state index contributed by atoms with van der Waals surface area (Å²) in [6.45, 7) is 3.98. The van der Waals surface area contributed by atoms with E-state index in [1.54, 1.807) is 0 Å². The molecule has 1 aliphatic heterocycles. The minimum Gasteiger partial charge on any atom is -0.440 e. The lowest BCUT2D eigenvalue weighted by Crippen LogP contribution is -2.43. The van der Waals surface area contributed by atoms with Gasteiger partial charge in [-0.2, -0.15) is 0 Å². The number of hydrogen-bond donors (Lipinski definition) is 1. The maximum absolute atomic E-state index is 11.2. The average Bonchev–Trinajstić information content (AvgIpc) is 2.47. The van der Waals surface area contributed by atoms with Crippen molar-refractivity contribution in [2.75, 3.05) is 6.67 Å². The Morgan fingerprint density at radius 3 is 2.12 bits per heavy atom. The minimum absolute atomic E-state index is 0.172. The van der Waals surface area contributed by atoms with Crippen LogP contribution in [0.15, 0.2) is 0 Å². The molecule has 0 aromatic heterocycles. The van der Waals surface area contributed by atoms with Crippen LogP contribution in [0.5, 0.6) is 0 Å². The summed E-state index contributed by atoms with van der Waals surface area (Å²) < 4.78 is 9.81. The van der Waals surface area contributed by atoms with Crippen molar-refractivity contribution in [3.05, 3.63) is 0 Å². The van der Waals surface area contributed by atoms with Crippen LogP contribution in [0.3, 0.4) is 0 Å². The van der Waals surface area contributed by atoms with Crippen molar-refractivity contribution < 1.29 is 23.9 Å². The van der Waals surface area contributed by atoms with Gasteiger partial charge in [-0.3, -0.25) is 24.6 Å². The topological polar surface area (TPSA) is 84.9 Å². The summed E-state index contributed by atoms with van der Waals surface area (Å²) in [5.74, 6) is -1.33. The highest BCUT2D eigenvalue weighted by molar-refractivity contribution is 5.75. The van der Waals surface area contributed by atoms with Gasteiger partial charge in [0.25, 0.3) is 0 Å². The highest BCUT2D eigenvalue weighted by Crippen LogP contribution is 2.15. The van der Waals surface area contributed by atoms with Crippen LogP contribution in [0.1, 0.15) is 20.8 Å². The summed E-state index contributed by atoms with van der Waals surface area (Å²) in [5, 5.41) is 2.76. The number of esters is 2. The van der Waals surface area contributed by atoms with Gasteiger partial charge in [0.1, 0.15) is 0 Å². The summed E-state index contributed by atoms with van der Waals surface area (Å²) in [5.41, 5.74) is 0. The van der Waals surface area contributed by atoms with E-state index in [9.17, 15) is 14.4 Å². The molecule has 1 fully saturated rings. The number of nitrogens with zero attached hydrogens (tertiary/aromatic N) is 1. The second-order valence-corrected chi connectivity index (χ2v) is 3.38. The molecule has 1 aliphatic rings. The fourth-order valence-electron chi connectivity index (χ4n) is 1.41. The zero-order valence-electron chi connectivity index (χ0n) is 9.35. The molecule has 0 aromatic rings. The van der Waals surface area contributed by atoms with Gasteiger partial charge in [0.05, 0.1) is 6.67 Å². The Balaban J connectivity index is 2.74. The number of amides is 1. The first-order valence-electron chi connectivity index (χ1n) is 4.77. The molecule has 0 saturated carbocycles. The third-order valence-corrected chi connectivity index (χ3v) is 2.01. The second-order valence-electron chi connectivity index (χ2n) is 3.38. The van der Waals surface area contributed by atoms with Crippen LogP contribution in [0, 0.1) is 0 Å². The molecule has 90 valence electrons. The highest BCUT2D eigenvalue weighted by Gasteiger charge is 2.40. The Morgan fingerprint density at radius 2 is 1.69 bits per heavy atom. The number of rotatable bonds is 2. The second kappa shape index (κ2) is 4.93. The van der Waals surface area contributed by atoms with Crippen molar-refractivity contribution in [3.63, 3.8) is 0 Å². The van der Waals surface area contributed by atoms with Crippen LogP contribution in [-0.2, 0) is 23.9 Å². The van der Waals surface area contributed by atoms with Crippen molar-refractivity contribution in [2.45, 2.75) is 33.2 Å². The summed E-state index contributed by atoms with van der Waals surface area (Å²) in [7, 11) is 0. The Kier molecular flexibility index (Phi) is 3.83. The molecule has 0 aliphatic carbocycles. The van der Waals surface area contributed by atoms with E-state index in [0.717, 1.165) is 0 Å². The third-order valence-electron chi connectivity index (χ3n) is 2.01. The van der Waals surface area contributed by atoms with Crippen molar-refractivity contribution in [1.29, 1.82) is 0 Å². The zero-order chi connectivity index (χ0) is 12.3. The van der Waals surface area contributed by atoms with Gasteiger partial charge in [0.15, 0.2) is 0 Å². The maximum atomic E-state index is 11.2. The third kappa shape index (κ3) is 2.93. The molecule has 0 bridgehead atoms. The molecule has 0 radical (unpaired) electrons. The van der Waals surface area contributed by atoms with Crippen LogP contribution < -0.4 is 5.32 Å². The molecule has 1 rings (SSSR count). The molecule has 0 spiro atoms. The zero-order valence-corrected chi connectivity index (χ0v) is 9.35. The molecule has 7 heteroatoms. The molecule has 1 amide bonds. The van der Waals surface area contributed by atoms with Crippen molar-refractivity contribution >= 4 is 17.8 Å². The Bertz CT molecular complexity index is 317. The number of carbonyl (C=O) groups excluding carboxylic acids is 3. The quantitative estimate of drug-likeness (QED) is 0.623. The molecule has 2 unspecified atom stereocenters. The summed E-state index contributed by atoms with van der Waals surface area (Å²) in [6.07, 6.45) is -1.72. The monoisotopic (exact) mass is 230 g/mol. The smallest absolute Gasteiger partial charge is 0.304 e. The molecule has 16 heavy (non-hydrogen) atoms. The molecule has 1 heterocycles. The van der Waals surface area contributed by atoms with E-state index in [1.165, 1.54) is 25.7 Å². The van der Waals surface area contributed by atoms with Gasteiger partial charge in [0.2, 0.25) is 18.4 Å². The average molecular weight is 230 g/mol. The standard InChI is InChI=1S/C9H14N2O5/c1-5(12)11-4-10-8(15-6(2)13)9(11)16-7(3)14/h8-10H,4H2,1-3H3. The molecule has 0 aromatic carbocycles. The number of nitrogens with one attached hydrogen (secondary N) is 1. The Hall–Kier alpha value is -1.63. The van der Waals surface area contributed by atoms with Gasteiger partial charge in [-0.15, -0.1) is 0 Å².